The first-order chi connectivity index (χ1) is 11.9. The smallest absolute Gasteiger partial charge is 0.407 e. The number of nitrogens with one attached hydrogen (secondary N) is 2. The lowest BCUT2D eigenvalue weighted by Crippen LogP contribution is -2.55. The van der Waals surface area contributed by atoms with Crippen LogP contribution in [0.4, 0.5) is 10.5 Å². The molecule has 8 nitrogen and oxygen atoms in total. The molecule has 0 radical (unpaired) electrons. The Balaban J connectivity index is 1.89. The predicted molar refractivity (Wildman–Crippen MR) is 93.5 cm³/mol. The van der Waals surface area contributed by atoms with Gasteiger partial charge in [-0.3, -0.25) is 13.9 Å². The molecule has 8 heteroatoms. The number of imidazole rings is 1. The van der Waals surface area contributed by atoms with Crippen molar-refractivity contribution in [1.29, 1.82) is 0 Å². The Bertz CT molecular complexity index is 890. The Hall–Kier alpha value is -2.77. The molecule has 0 bridgehead atoms. The van der Waals surface area contributed by atoms with Crippen LogP contribution >= 0.6 is 0 Å². The summed E-state index contributed by atoms with van der Waals surface area (Å²) in [6.07, 6.45) is 2.26. The van der Waals surface area contributed by atoms with E-state index in [0.717, 1.165) is 23.9 Å². The minimum absolute atomic E-state index is 0.127. The number of anilines is 1. The zero-order valence-corrected chi connectivity index (χ0v) is 14.6. The molecule has 25 heavy (non-hydrogen) atoms. The molecule has 2 aromatic rings. The number of methoxy groups -OCH3 is 1. The van der Waals surface area contributed by atoms with Gasteiger partial charge in [-0.05, 0) is 31.0 Å². The number of carbonyl (C=O) groups is 2. The van der Waals surface area contributed by atoms with Gasteiger partial charge >= 0.3 is 11.8 Å². The Morgan fingerprint density at radius 2 is 1.76 bits per heavy atom. The number of carbonyl (C=O) groups excluding carboxylic acids is 2. The van der Waals surface area contributed by atoms with Crippen LogP contribution in [0, 0.1) is 0 Å². The summed E-state index contributed by atoms with van der Waals surface area (Å²) in [6, 6.07) is 5.30. The van der Waals surface area contributed by atoms with Gasteiger partial charge in [0.15, 0.2) is 0 Å². The zero-order valence-electron chi connectivity index (χ0n) is 14.6. The lowest BCUT2D eigenvalue weighted by molar-refractivity contribution is -0.122. The first kappa shape index (κ1) is 17.1. The average molecular weight is 346 g/mol. The number of alkyl carbamates (subject to hydrolysis) is 1. The molecule has 1 heterocycles. The van der Waals surface area contributed by atoms with Crippen molar-refractivity contribution in [1.82, 2.24) is 14.5 Å². The van der Waals surface area contributed by atoms with Gasteiger partial charge in [-0.1, -0.05) is 12.8 Å². The van der Waals surface area contributed by atoms with Gasteiger partial charge in [-0.2, -0.15) is 0 Å². The summed E-state index contributed by atoms with van der Waals surface area (Å²) in [7, 11) is 4.67. The maximum Gasteiger partial charge on any atom is 0.407 e. The van der Waals surface area contributed by atoms with Crippen molar-refractivity contribution in [3.63, 3.8) is 0 Å². The summed E-state index contributed by atoms with van der Waals surface area (Å²) in [5.74, 6) is -0.268. The molecule has 134 valence electrons. The fraction of sp³-hybridized carbons (Fsp3) is 0.471. The highest BCUT2D eigenvalue weighted by molar-refractivity contribution is 6.01. The molecule has 1 saturated carbocycles. The second-order valence-electron chi connectivity index (χ2n) is 6.46. The van der Waals surface area contributed by atoms with Gasteiger partial charge in [0.2, 0.25) is 5.91 Å². The number of ether oxygens (including phenoxy) is 1. The largest absolute Gasteiger partial charge is 0.453 e. The molecule has 0 saturated heterocycles. The van der Waals surface area contributed by atoms with Gasteiger partial charge in [0.05, 0.1) is 18.1 Å². The molecular weight excluding hydrogens is 324 g/mol. The number of aromatic nitrogens is 2. The number of aryl methyl sites for hydroxylation is 2. The van der Waals surface area contributed by atoms with Crippen molar-refractivity contribution in [2.45, 2.75) is 31.2 Å². The third kappa shape index (κ3) is 2.88. The molecular formula is C17H22N4O4. The Kier molecular flexibility index (Phi) is 4.28. The van der Waals surface area contributed by atoms with Gasteiger partial charge in [0, 0.05) is 19.8 Å². The number of amides is 2. The molecule has 0 unspecified atom stereocenters. The highest BCUT2D eigenvalue weighted by atomic mass is 16.5. The first-order valence-corrected chi connectivity index (χ1v) is 8.21. The van der Waals surface area contributed by atoms with E-state index in [1.165, 1.54) is 11.7 Å². The van der Waals surface area contributed by atoms with E-state index >= 15 is 0 Å². The van der Waals surface area contributed by atoms with Crippen molar-refractivity contribution >= 4 is 28.7 Å². The van der Waals surface area contributed by atoms with Crippen LogP contribution in [0.15, 0.2) is 23.0 Å². The summed E-state index contributed by atoms with van der Waals surface area (Å²) in [4.78, 5) is 36.5. The fourth-order valence-corrected chi connectivity index (χ4v) is 3.47. The summed E-state index contributed by atoms with van der Waals surface area (Å²) >= 11 is 0. The highest BCUT2D eigenvalue weighted by Gasteiger charge is 2.42. The molecule has 1 aliphatic carbocycles. The topological polar surface area (TPSA) is 94.4 Å². The van der Waals surface area contributed by atoms with Crippen molar-refractivity contribution in [2.75, 3.05) is 12.4 Å². The lowest BCUT2D eigenvalue weighted by Gasteiger charge is -2.28. The van der Waals surface area contributed by atoms with Crippen LogP contribution in [-0.4, -0.2) is 33.8 Å². The first-order valence-electron chi connectivity index (χ1n) is 8.21. The van der Waals surface area contributed by atoms with Gasteiger partial charge < -0.3 is 15.4 Å². The SMILES string of the molecule is COC(=O)NC1(C(=O)Nc2ccc3c(c2)n(C)c(=O)n3C)CCCC1. The summed E-state index contributed by atoms with van der Waals surface area (Å²) in [6.45, 7) is 0. The van der Waals surface area contributed by atoms with Crippen LogP contribution < -0.4 is 16.3 Å². The van der Waals surface area contributed by atoms with Crippen molar-refractivity contribution in [3.05, 3.63) is 28.7 Å². The molecule has 1 aromatic heterocycles. The van der Waals surface area contributed by atoms with Crippen molar-refractivity contribution in [3.8, 4) is 0 Å². The Labute approximate surface area is 144 Å². The monoisotopic (exact) mass is 346 g/mol. The number of fused-ring (bicyclic) bond motifs is 1. The third-order valence-corrected chi connectivity index (χ3v) is 4.95. The summed E-state index contributed by atoms with van der Waals surface area (Å²) < 4.78 is 7.74. The highest BCUT2D eigenvalue weighted by Crippen LogP contribution is 2.31. The third-order valence-electron chi connectivity index (χ3n) is 4.95. The summed E-state index contributed by atoms with van der Waals surface area (Å²) in [5, 5.41) is 5.56. The molecule has 0 atom stereocenters. The molecule has 0 aliphatic heterocycles. The minimum atomic E-state index is -0.954. The van der Waals surface area contributed by atoms with Crippen LogP contribution in [-0.2, 0) is 23.6 Å². The van der Waals surface area contributed by atoms with Crippen LogP contribution in [0.2, 0.25) is 0 Å². The lowest BCUT2D eigenvalue weighted by atomic mass is 9.96. The molecule has 1 aromatic carbocycles. The van der Waals surface area contributed by atoms with E-state index in [4.69, 9.17) is 0 Å². The Morgan fingerprint density at radius 1 is 1.12 bits per heavy atom. The summed E-state index contributed by atoms with van der Waals surface area (Å²) in [5.41, 5.74) is 1.01. The number of hydrogen-bond acceptors (Lipinski definition) is 4. The molecule has 2 amide bonds. The average Bonchev–Trinajstić information content (AvgIpc) is 3.16. The van der Waals surface area contributed by atoms with E-state index in [1.807, 2.05) is 0 Å². The quantitative estimate of drug-likeness (QED) is 0.880. The van der Waals surface area contributed by atoms with E-state index in [0.29, 0.717) is 18.5 Å². The number of rotatable bonds is 3. The standard InChI is InChI=1S/C17H22N4O4/c1-20-12-7-6-11(10-13(12)21(2)16(20)24)18-14(22)17(8-4-5-9-17)19-15(23)25-3/h6-7,10H,4-5,8-9H2,1-3H3,(H,18,22)(H,19,23). The molecule has 0 spiro atoms. The van der Waals surface area contributed by atoms with Gasteiger partial charge in [-0.15, -0.1) is 0 Å². The van der Waals surface area contributed by atoms with E-state index < -0.39 is 11.6 Å². The maximum atomic E-state index is 12.8. The normalized spacial score (nSPS) is 16.0. The number of hydrogen-bond donors (Lipinski definition) is 2. The minimum Gasteiger partial charge on any atom is -0.453 e. The molecule has 1 aliphatic rings. The number of nitrogens with zero attached hydrogens (tertiary/aromatic N) is 2. The van der Waals surface area contributed by atoms with Crippen LogP contribution in [0.3, 0.4) is 0 Å². The van der Waals surface area contributed by atoms with E-state index in [9.17, 15) is 14.4 Å². The molecule has 2 N–H and O–H groups in total. The van der Waals surface area contributed by atoms with E-state index in [-0.39, 0.29) is 11.6 Å². The van der Waals surface area contributed by atoms with Crippen LogP contribution in [0.25, 0.3) is 11.0 Å². The van der Waals surface area contributed by atoms with E-state index in [2.05, 4.69) is 15.4 Å². The van der Waals surface area contributed by atoms with Crippen LogP contribution in [0.5, 0.6) is 0 Å². The predicted octanol–water partition coefficient (Wildman–Crippen LogP) is 1.48. The van der Waals surface area contributed by atoms with Gasteiger partial charge in [-0.25, -0.2) is 9.59 Å². The van der Waals surface area contributed by atoms with Crippen molar-refractivity contribution < 1.29 is 14.3 Å². The molecule has 1 fully saturated rings. The second-order valence-corrected chi connectivity index (χ2v) is 6.46. The van der Waals surface area contributed by atoms with Crippen LogP contribution in [0.1, 0.15) is 25.7 Å². The fourth-order valence-electron chi connectivity index (χ4n) is 3.47. The maximum absolute atomic E-state index is 12.8. The molecule has 3 rings (SSSR count). The number of benzene rings is 1. The van der Waals surface area contributed by atoms with Gasteiger partial charge in [0.1, 0.15) is 5.54 Å². The second kappa shape index (κ2) is 6.27. The Morgan fingerprint density at radius 3 is 2.40 bits per heavy atom. The van der Waals surface area contributed by atoms with Crippen molar-refractivity contribution in [2.24, 2.45) is 14.1 Å². The van der Waals surface area contributed by atoms with E-state index in [1.54, 1.807) is 36.9 Å². The zero-order chi connectivity index (χ0) is 18.2. The van der Waals surface area contributed by atoms with Gasteiger partial charge in [0.25, 0.3) is 0 Å².